The number of rotatable bonds is 2. The molecule has 5 aromatic rings. The second-order valence-electron chi connectivity index (χ2n) is 8.46. The normalized spacial score (nSPS) is 13.1. The van der Waals surface area contributed by atoms with E-state index >= 15 is 0 Å². The van der Waals surface area contributed by atoms with Crippen LogP contribution in [0.2, 0.25) is 5.02 Å². The first-order chi connectivity index (χ1) is 17.0. The lowest BCUT2D eigenvalue weighted by molar-refractivity contribution is 0.331. The third-order valence-corrected chi connectivity index (χ3v) is 6.58. The van der Waals surface area contributed by atoms with Crippen LogP contribution in [-0.4, -0.2) is 33.1 Å². The summed E-state index contributed by atoms with van der Waals surface area (Å²) in [7, 11) is 0. The molecule has 0 bridgehead atoms. The first kappa shape index (κ1) is 23.1. The van der Waals surface area contributed by atoms with Crippen LogP contribution in [0.15, 0.2) is 54.9 Å². The first-order valence-corrected chi connectivity index (χ1v) is 12.3. The molecule has 0 amide bonds. The molecule has 0 fully saturated rings. The highest BCUT2D eigenvalue weighted by Gasteiger charge is 2.20. The van der Waals surface area contributed by atoms with Crippen LogP contribution >= 0.6 is 11.6 Å². The van der Waals surface area contributed by atoms with Gasteiger partial charge in [0.05, 0.1) is 23.1 Å². The van der Waals surface area contributed by atoms with Gasteiger partial charge in [-0.2, -0.15) is 0 Å². The molecule has 0 saturated carbocycles. The standard InChI is InChI=1S/C26H22ClN5O.C2H6/c1-15-9-20-23(12-21(15)27)28-14-29-26(20)32-7-8-33-25-6-4-17(10-19(25)13-32)18-3-5-22-24(11-18)31-16(2)30-22;1-2/h3-6,9-12,14H,7-8,13H2,1-2H3,(H,30,31);1-2H3. The van der Waals surface area contributed by atoms with Gasteiger partial charge in [0.2, 0.25) is 0 Å². The van der Waals surface area contributed by atoms with E-state index in [0.717, 1.165) is 68.1 Å². The lowest BCUT2D eigenvalue weighted by Crippen LogP contribution is -2.26. The van der Waals surface area contributed by atoms with Crippen molar-refractivity contribution in [3.05, 3.63) is 76.8 Å². The monoisotopic (exact) mass is 485 g/mol. The van der Waals surface area contributed by atoms with E-state index in [1.54, 1.807) is 6.33 Å². The van der Waals surface area contributed by atoms with Crippen LogP contribution in [-0.2, 0) is 6.54 Å². The van der Waals surface area contributed by atoms with E-state index in [1.165, 1.54) is 0 Å². The number of hydrogen-bond donors (Lipinski definition) is 1. The Morgan fingerprint density at radius 2 is 1.74 bits per heavy atom. The number of aromatic amines is 1. The average molecular weight is 486 g/mol. The zero-order valence-corrected chi connectivity index (χ0v) is 21.1. The molecule has 0 aliphatic carbocycles. The Morgan fingerprint density at radius 3 is 2.60 bits per heavy atom. The molecule has 0 spiro atoms. The van der Waals surface area contributed by atoms with Crippen LogP contribution in [0, 0.1) is 13.8 Å². The fourth-order valence-electron chi connectivity index (χ4n) is 4.50. The zero-order valence-electron chi connectivity index (χ0n) is 20.4. The van der Waals surface area contributed by atoms with Crippen molar-refractivity contribution in [2.45, 2.75) is 34.2 Å². The maximum Gasteiger partial charge on any atom is 0.140 e. The molecular weight excluding hydrogens is 458 g/mol. The minimum absolute atomic E-state index is 0.587. The zero-order chi connectivity index (χ0) is 24.5. The fourth-order valence-corrected chi connectivity index (χ4v) is 4.65. The van der Waals surface area contributed by atoms with Crippen molar-refractivity contribution < 1.29 is 4.74 Å². The number of H-pyrrole nitrogens is 1. The Bertz CT molecular complexity index is 1530. The number of hydrogen-bond acceptors (Lipinski definition) is 5. The van der Waals surface area contributed by atoms with Crippen LogP contribution in [0.25, 0.3) is 33.1 Å². The molecular formula is C28H28ClN5O. The minimum atomic E-state index is 0.587. The Kier molecular flexibility index (Phi) is 6.31. The molecule has 178 valence electrons. The molecule has 1 N–H and O–H groups in total. The SMILES string of the molecule is CC.Cc1nc2ccc(-c3ccc4c(c3)CN(c3ncnc5cc(Cl)c(C)cc35)CCO4)cc2[nH]1. The van der Waals surface area contributed by atoms with Gasteiger partial charge in [0, 0.05) is 22.5 Å². The second kappa shape index (κ2) is 9.55. The summed E-state index contributed by atoms with van der Waals surface area (Å²) in [6.07, 6.45) is 1.61. The molecule has 2 aromatic heterocycles. The van der Waals surface area contributed by atoms with Crippen LogP contribution in [0.4, 0.5) is 5.82 Å². The Labute approximate surface area is 210 Å². The van der Waals surface area contributed by atoms with Gasteiger partial charge in [0.25, 0.3) is 0 Å². The van der Waals surface area contributed by atoms with E-state index < -0.39 is 0 Å². The summed E-state index contributed by atoms with van der Waals surface area (Å²) in [4.78, 5) is 19.2. The van der Waals surface area contributed by atoms with E-state index in [9.17, 15) is 0 Å². The number of anilines is 1. The van der Waals surface area contributed by atoms with E-state index in [4.69, 9.17) is 16.3 Å². The number of benzene rings is 3. The maximum absolute atomic E-state index is 6.33. The quantitative estimate of drug-likeness (QED) is 0.295. The molecule has 1 aliphatic rings. The van der Waals surface area contributed by atoms with Gasteiger partial charge < -0.3 is 14.6 Å². The summed E-state index contributed by atoms with van der Waals surface area (Å²) in [5, 5.41) is 1.71. The molecule has 6 rings (SSSR count). The Balaban J connectivity index is 0.00000124. The van der Waals surface area contributed by atoms with Gasteiger partial charge in [0.15, 0.2) is 0 Å². The maximum atomic E-state index is 6.33. The lowest BCUT2D eigenvalue weighted by Gasteiger charge is -2.22. The summed E-state index contributed by atoms with van der Waals surface area (Å²) >= 11 is 6.33. The van der Waals surface area contributed by atoms with Gasteiger partial charge in [-0.3, -0.25) is 0 Å². The Morgan fingerprint density at radius 1 is 0.943 bits per heavy atom. The summed E-state index contributed by atoms with van der Waals surface area (Å²) in [6, 6.07) is 16.7. The van der Waals surface area contributed by atoms with Crippen molar-refractivity contribution in [2.75, 3.05) is 18.1 Å². The van der Waals surface area contributed by atoms with Crippen molar-refractivity contribution in [3.63, 3.8) is 0 Å². The number of nitrogens with one attached hydrogen (secondary N) is 1. The molecule has 0 atom stereocenters. The average Bonchev–Trinajstić information content (AvgIpc) is 3.11. The van der Waals surface area contributed by atoms with E-state index in [-0.39, 0.29) is 0 Å². The van der Waals surface area contributed by atoms with Crippen LogP contribution in [0.3, 0.4) is 0 Å². The number of ether oxygens (including phenoxy) is 1. The number of imidazole rings is 1. The molecule has 7 heteroatoms. The lowest BCUT2D eigenvalue weighted by atomic mass is 10.0. The number of aryl methyl sites for hydroxylation is 2. The topological polar surface area (TPSA) is 66.9 Å². The Hall–Kier alpha value is -3.64. The number of aromatic nitrogens is 4. The van der Waals surface area contributed by atoms with Gasteiger partial charge >= 0.3 is 0 Å². The number of nitrogens with zero attached hydrogens (tertiary/aromatic N) is 4. The van der Waals surface area contributed by atoms with Crippen LogP contribution in [0.5, 0.6) is 5.75 Å². The molecule has 35 heavy (non-hydrogen) atoms. The van der Waals surface area contributed by atoms with Crippen molar-refractivity contribution in [1.82, 2.24) is 19.9 Å². The molecule has 3 aromatic carbocycles. The molecule has 0 unspecified atom stereocenters. The van der Waals surface area contributed by atoms with Crippen molar-refractivity contribution in [3.8, 4) is 16.9 Å². The third kappa shape index (κ3) is 4.42. The molecule has 3 heterocycles. The first-order valence-electron chi connectivity index (χ1n) is 11.9. The number of fused-ring (bicyclic) bond motifs is 3. The molecule has 0 radical (unpaired) electrons. The number of halogens is 1. The van der Waals surface area contributed by atoms with E-state index in [1.807, 2.05) is 33.8 Å². The highest BCUT2D eigenvalue weighted by atomic mass is 35.5. The molecule has 1 aliphatic heterocycles. The van der Waals surface area contributed by atoms with Gasteiger partial charge in [0.1, 0.15) is 30.3 Å². The van der Waals surface area contributed by atoms with Gasteiger partial charge in [-0.05, 0) is 66.9 Å². The van der Waals surface area contributed by atoms with Crippen molar-refractivity contribution >= 4 is 39.4 Å². The minimum Gasteiger partial charge on any atom is -0.491 e. The molecule has 0 saturated heterocycles. The molecule has 6 nitrogen and oxygen atoms in total. The third-order valence-electron chi connectivity index (χ3n) is 6.17. The fraction of sp³-hybridized carbons (Fsp3) is 0.250. The second-order valence-corrected chi connectivity index (χ2v) is 8.87. The largest absolute Gasteiger partial charge is 0.491 e. The summed E-state index contributed by atoms with van der Waals surface area (Å²) in [5.74, 6) is 2.73. The van der Waals surface area contributed by atoms with Crippen molar-refractivity contribution in [1.29, 1.82) is 0 Å². The predicted molar refractivity (Wildman–Crippen MR) is 143 cm³/mol. The smallest absolute Gasteiger partial charge is 0.140 e. The van der Waals surface area contributed by atoms with E-state index in [0.29, 0.717) is 18.2 Å². The van der Waals surface area contributed by atoms with Gasteiger partial charge in [-0.25, -0.2) is 15.0 Å². The van der Waals surface area contributed by atoms with E-state index in [2.05, 4.69) is 67.3 Å². The summed E-state index contributed by atoms with van der Waals surface area (Å²) < 4.78 is 6.10. The van der Waals surface area contributed by atoms with Crippen LogP contribution in [0.1, 0.15) is 30.8 Å². The van der Waals surface area contributed by atoms with Gasteiger partial charge in [-0.1, -0.05) is 37.6 Å². The summed E-state index contributed by atoms with van der Waals surface area (Å²) in [5.41, 5.74) is 7.29. The highest BCUT2D eigenvalue weighted by Crippen LogP contribution is 2.34. The van der Waals surface area contributed by atoms with Gasteiger partial charge in [-0.15, -0.1) is 0 Å². The van der Waals surface area contributed by atoms with Crippen LogP contribution < -0.4 is 9.64 Å². The highest BCUT2D eigenvalue weighted by molar-refractivity contribution is 6.32. The summed E-state index contributed by atoms with van der Waals surface area (Å²) in [6.45, 7) is 9.99. The predicted octanol–water partition coefficient (Wildman–Crippen LogP) is 6.87. The van der Waals surface area contributed by atoms with Crippen molar-refractivity contribution in [2.24, 2.45) is 0 Å².